The van der Waals surface area contributed by atoms with E-state index in [1.54, 1.807) is 26.8 Å². The monoisotopic (exact) mass is 359 g/mol. The molecule has 0 bridgehead atoms. The Morgan fingerprint density at radius 2 is 2.00 bits per heavy atom. The molecule has 5 nitrogen and oxygen atoms in total. The number of alkyl halides is 2. The number of halogens is 2. The van der Waals surface area contributed by atoms with Gasteiger partial charge in [-0.2, -0.15) is 8.78 Å². The van der Waals surface area contributed by atoms with Gasteiger partial charge in [0.15, 0.2) is 0 Å². The smallest absolute Gasteiger partial charge is 0.410 e. The molecular weight excluding hydrogens is 336 g/mol. The van der Waals surface area contributed by atoms with E-state index in [0.29, 0.717) is 11.8 Å². The summed E-state index contributed by atoms with van der Waals surface area (Å²) in [6.45, 7) is 5.86. The number of nitrogens with two attached hydrogens (primary N) is 1. The third-order valence-electron chi connectivity index (χ3n) is 3.67. The molecule has 1 aromatic rings. The van der Waals surface area contributed by atoms with E-state index in [1.165, 1.54) is 17.2 Å². The second kappa shape index (κ2) is 7.13. The molecule has 0 saturated carbocycles. The van der Waals surface area contributed by atoms with Crippen LogP contribution < -0.4 is 5.73 Å². The van der Waals surface area contributed by atoms with Crippen LogP contribution in [-0.2, 0) is 4.74 Å². The minimum absolute atomic E-state index is 0.105. The zero-order chi connectivity index (χ0) is 18.0. The van der Waals surface area contributed by atoms with E-state index in [1.807, 2.05) is 0 Å². The zero-order valence-corrected chi connectivity index (χ0v) is 14.9. The highest BCUT2D eigenvalue weighted by Crippen LogP contribution is 2.46. The van der Waals surface area contributed by atoms with Crippen molar-refractivity contribution >= 4 is 23.7 Å². The maximum absolute atomic E-state index is 14.5. The lowest BCUT2D eigenvalue weighted by molar-refractivity contribution is -0.0124. The second-order valence-electron chi connectivity index (χ2n) is 6.79. The average molecular weight is 359 g/mol. The van der Waals surface area contributed by atoms with Crippen molar-refractivity contribution in [1.82, 2.24) is 9.88 Å². The van der Waals surface area contributed by atoms with Crippen LogP contribution >= 0.6 is 11.8 Å². The number of hydrogen-bond acceptors (Lipinski definition) is 5. The fourth-order valence-corrected chi connectivity index (χ4v) is 3.44. The third-order valence-corrected chi connectivity index (χ3v) is 4.84. The van der Waals surface area contributed by atoms with Gasteiger partial charge in [0.1, 0.15) is 11.4 Å². The molecule has 2 N–H and O–H groups in total. The topological polar surface area (TPSA) is 68.5 Å². The van der Waals surface area contributed by atoms with Crippen molar-refractivity contribution in [2.75, 3.05) is 18.8 Å². The predicted octanol–water partition coefficient (Wildman–Crippen LogP) is 4.00. The van der Waals surface area contributed by atoms with Crippen LogP contribution in [0.15, 0.2) is 23.2 Å². The molecule has 0 radical (unpaired) electrons. The number of thioether (sulfide) groups is 1. The van der Waals surface area contributed by atoms with Gasteiger partial charge in [0.25, 0.3) is 0 Å². The summed E-state index contributed by atoms with van der Waals surface area (Å²) < 4.78 is 34.3. The van der Waals surface area contributed by atoms with E-state index in [0.717, 1.165) is 0 Å². The Bertz CT molecular complexity index is 585. The molecule has 1 aromatic heterocycles. The van der Waals surface area contributed by atoms with E-state index in [9.17, 15) is 13.6 Å². The predicted molar refractivity (Wildman–Crippen MR) is 90.0 cm³/mol. The Labute approximate surface area is 144 Å². The van der Waals surface area contributed by atoms with Crippen molar-refractivity contribution in [3.8, 4) is 0 Å². The van der Waals surface area contributed by atoms with Gasteiger partial charge in [-0.15, -0.1) is 0 Å². The van der Waals surface area contributed by atoms with Gasteiger partial charge < -0.3 is 15.4 Å². The Balaban J connectivity index is 1.93. The van der Waals surface area contributed by atoms with Crippen LogP contribution in [0.5, 0.6) is 0 Å². The molecule has 0 atom stereocenters. The minimum Gasteiger partial charge on any atom is -0.444 e. The Morgan fingerprint density at radius 1 is 1.38 bits per heavy atom. The number of piperidine rings is 1. The molecule has 1 aliphatic heterocycles. The maximum Gasteiger partial charge on any atom is 0.410 e. The molecule has 2 rings (SSSR count). The summed E-state index contributed by atoms with van der Waals surface area (Å²) in [5.74, 6) is -0.714. The lowest BCUT2D eigenvalue weighted by Gasteiger charge is -2.36. The highest BCUT2D eigenvalue weighted by molar-refractivity contribution is 8.00. The fourth-order valence-electron chi connectivity index (χ4n) is 2.44. The van der Waals surface area contributed by atoms with Crippen molar-refractivity contribution in [2.24, 2.45) is 5.92 Å². The molecule has 0 aromatic carbocycles. The normalized spacial score (nSPS) is 17.0. The first-order chi connectivity index (χ1) is 11.1. The van der Waals surface area contributed by atoms with Gasteiger partial charge in [0, 0.05) is 25.2 Å². The lowest BCUT2D eigenvalue weighted by Crippen LogP contribution is -2.44. The van der Waals surface area contributed by atoms with Gasteiger partial charge in [-0.25, -0.2) is 9.78 Å². The number of amides is 1. The van der Waals surface area contributed by atoms with Crippen LogP contribution in [0, 0.1) is 5.92 Å². The van der Waals surface area contributed by atoms with E-state index in [-0.39, 0.29) is 36.6 Å². The van der Waals surface area contributed by atoms with Crippen molar-refractivity contribution in [2.45, 2.75) is 49.4 Å². The number of ether oxygens (including phenoxy) is 1. The Morgan fingerprint density at radius 3 is 2.54 bits per heavy atom. The van der Waals surface area contributed by atoms with Crippen molar-refractivity contribution < 1.29 is 18.3 Å². The molecule has 0 unspecified atom stereocenters. The number of hydrogen-bond donors (Lipinski definition) is 1. The fraction of sp³-hybridized carbons (Fsp3) is 0.625. The number of nitrogen functional groups attached to an aromatic ring is 1. The summed E-state index contributed by atoms with van der Waals surface area (Å²) in [5.41, 5.74) is 5.05. The Hall–Kier alpha value is -1.57. The first kappa shape index (κ1) is 18.8. The SMILES string of the molecule is CC(C)(C)OC(=O)N1CCC(C(F)(F)Sc2cccnc2N)CC1. The molecule has 8 heteroatoms. The summed E-state index contributed by atoms with van der Waals surface area (Å²) in [7, 11) is 0. The number of carbonyl (C=O) groups is 1. The minimum atomic E-state index is -2.96. The van der Waals surface area contributed by atoms with Crippen LogP contribution in [-0.4, -0.2) is 39.9 Å². The van der Waals surface area contributed by atoms with E-state index < -0.39 is 22.9 Å². The van der Waals surface area contributed by atoms with Crippen molar-refractivity contribution in [3.63, 3.8) is 0 Å². The first-order valence-electron chi connectivity index (χ1n) is 7.84. The molecular formula is C16H23F2N3O2S. The van der Waals surface area contributed by atoms with Gasteiger partial charge in [-0.1, -0.05) is 0 Å². The van der Waals surface area contributed by atoms with Gasteiger partial charge in [-0.3, -0.25) is 0 Å². The van der Waals surface area contributed by atoms with Gasteiger partial charge >= 0.3 is 11.3 Å². The van der Waals surface area contributed by atoms with Crippen LogP contribution in [0.1, 0.15) is 33.6 Å². The molecule has 134 valence electrons. The standard InChI is InChI=1S/C16H23F2N3O2S/c1-15(2,3)23-14(22)21-9-6-11(7-10-21)16(17,18)24-12-5-4-8-20-13(12)19/h4-5,8,11H,6-7,9-10H2,1-3H3,(H2,19,20). The highest BCUT2D eigenvalue weighted by atomic mass is 32.2. The highest BCUT2D eigenvalue weighted by Gasteiger charge is 2.43. The van der Waals surface area contributed by atoms with Crippen LogP contribution in [0.4, 0.5) is 19.4 Å². The zero-order valence-electron chi connectivity index (χ0n) is 14.1. The molecule has 1 amide bonds. The maximum atomic E-state index is 14.5. The summed E-state index contributed by atoms with van der Waals surface area (Å²) in [6, 6.07) is 3.12. The number of carbonyl (C=O) groups excluding carboxylic acids is 1. The summed E-state index contributed by atoms with van der Waals surface area (Å²) in [4.78, 5) is 17.6. The molecule has 1 saturated heterocycles. The molecule has 24 heavy (non-hydrogen) atoms. The van der Waals surface area contributed by atoms with Gasteiger partial charge in [0.2, 0.25) is 0 Å². The largest absolute Gasteiger partial charge is 0.444 e. The Kier molecular flexibility index (Phi) is 5.57. The summed E-state index contributed by atoms with van der Waals surface area (Å²) >= 11 is 0.443. The molecule has 1 fully saturated rings. The van der Waals surface area contributed by atoms with Crippen molar-refractivity contribution in [1.29, 1.82) is 0 Å². The summed E-state index contributed by atoms with van der Waals surface area (Å²) in [6.07, 6.45) is 1.46. The number of likely N-dealkylation sites (tertiary alicyclic amines) is 1. The van der Waals surface area contributed by atoms with Gasteiger partial charge in [-0.05, 0) is 57.5 Å². The van der Waals surface area contributed by atoms with E-state index in [2.05, 4.69) is 4.98 Å². The average Bonchev–Trinajstić information content (AvgIpc) is 2.48. The van der Waals surface area contributed by atoms with E-state index >= 15 is 0 Å². The van der Waals surface area contributed by atoms with Crippen molar-refractivity contribution in [3.05, 3.63) is 18.3 Å². The third kappa shape index (κ3) is 4.96. The quantitative estimate of drug-likeness (QED) is 0.826. The summed E-state index contributed by atoms with van der Waals surface area (Å²) in [5, 5.41) is -2.96. The van der Waals surface area contributed by atoms with E-state index in [4.69, 9.17) is 10.5 Å². The first-order valence-corrected chi connectivity index (χ1v) is 8.65. The lowest BCUT2D eigenvalue weighted by atomic mass is 9.97. The van der Waals surface area contributed by atoms with Crippen LogP contribution in [0.25, 0.3) is 0 Å². The number of anilines is 1. The number of pyridine rings is 1. The number of aromatic nitrogens is 1. The second-order valence-corrected chi connectivity index (χ2v) is 7.98. The molecule has 0 aliphatic carbocycles. The molecule has 0 spiro atoms. The molecule has 1 aliphatic rings. The van der Waals surface area contributed by atoms with Crippen LogP contribution in [0.3, 0.4) is 0 Å². The molecule has 2 heterocycles. The number of nitrogens with zero attached hydrogens (tertiary/aromatic N) is 2. The number of rotatable bonds is 3. The van der Waals surface area contributed by atoms with Crippen LogP contribution in [0.2, 0.25) is 0 Å². The van der Waals surface area contributed by atoms with Gasteiger partial charge in [0.05, 0.1) is 4.90 Å².